The van der Waals surface area contributed by atoms with Crippen molar-refractivity contribution in [2.24, 2.45) is 11.8 Å². The summed E-state index contributed by atoms with van der Waals surface area (Å²) in [6, 6.07) is 17.4. The van der Waals surface area contributed by atoms with Gasteiger partial charge in [0.15, 0.2) is 0 Å². The Kier molecular flexibility index (Phi) is 12.0. The van der Waals surface area contributed by atoms with E-state index >= 15 is 0 Å². The number of carbonyl (C=O) groups is 2. The highest BCUT2D eigenvalue weighted by atomic mass is 31.2. The van der Waals surface area contributed by atoms with Gasteiger partial charge in [-0.05, 0) is 42.4 Å². The van der Waals surface area contributed by atoms with Gasteiger partial charge in [-0.15, -0.1) is 0 Å². The fourth-order valence-electron chi connectivity index (χ4n) is 5.15. The quantitative estimate of drug-likeness (QED) is 0.222. The Labute approximate surface area is 232 Å². The molecule has 0 aliphatic heterocycles. The van der Waals surface area contributed by atoms with Gasteiger partial charge in [0, 0.05) is 24.8 Å². The Morgan fingerprint density at radius 3 is 2.18 bits per heavy atom. The predicted molar refractivity (Wildman–Crippen MR) is 156 cm³/mol. The highest BCUT2D eigenvalue weighted by Crippen LogP contribution is 2.45. The monoisotopic (exact) mass is 557 g/mol. The van der Waals surface area contributed by atoms with Crippen LogP contribution in [-0.2, 0) is 20.6 Å². The van der Waals surface area contributed by atoms with Crippen molar-refractivity contribution in [3.8, 4) is 0 Å². The zero-order chi connectivity index (χ0) is 28.3. The van der Waals surface area contributed by atoms with E-state index in [1.165, 1.54) is 6.42 Å². The van der Waals surface area contributed by atoms with E-state index in [9.17, 15) is 24.2 Å². The van der Waals surface area contributed by atoms with Crippen molar-refractivity contribution >= 4 is 24.9 Å². The molecule has 5 N–H and O–H groups in total. The second kappa shape index (κ2) is 15.2. The molecule has 1 aliphatic carbocycles. The third-order valence-electron chi connectivity index (χ3n) is 7.24. The van der Waals surface area contributed by atoms with Crippen LogP contribution in [0.2, 0.25) is 0 Å². The van der Waals surface area contributed by atoms with Gasteiger partial charge in [0.1, 0.15) is 12.1 Å². The molecule has 214 valence electrons. The van der Waals surface area contributed by atoms with Crippen LogP contribution >= 0.6 is 7.37 Å². The summed E-state index contributed by atoms with van der Waals surface area (Å²) >= 11 is 0. The lowest BCUT2D eigenvalue weighted by Gasteiger charge is -2.27. The second-order valence-electron chi connectivity index (χ2n) is 11.1. The lowest BCUT2D eigenvalue weighted by molar-refractivity contribution is -0.130. The van der Waals surface area contributed by atoms with Crippen LogP contribution in [0.4, 0.5) is 5.69 Å². The number of carbonyl (C=O) groups excluding carboxylic acids is 2. The average Bonchev–Trinajstić information content (AvgIpc) is 2.91. The number of para-hydroxylation sites is 1. The number of nitrogens with one attached hydrogen (secondary N) is 3. The molecular formula is C30H44N3O5P. The highest BCUT2D eigenvalue weighted by molar-refractivity contribution is 7.58. The zero-order valence-electron chi connectivity index (χ0n) is 23.1. The Morgan fingerprint density at radius 1 is 0.949 bits per heavy atom. The number of aliphatic hydroxyl groups excluding tert-OH is 1. The average molecular weight is 558 g/mol. The summed E-state index contributed by atoms with van der Waals surface area (Å²) in [4.78, 5) is 37.0. The van der Waals surface area contributed by atoms with Crippen LogP contribution in [0.1, 0.15) is 51.5 Å². The molecule has 39 heavy (non-hydrogen) atoms. The summed E-state index contributed by atoms with van der Waals surface area (Å²) in [6.07, 6.45) is 4.32. The Balaban J connectivity index is 1.62. The summed E-state index contributed by atoms with van der Waals surface area (Å²) in [5.74, 6) is -0.582. The first-order valence-electron chi connectivity index (χ1n) is 14.1. The zero-order valence-corrected chi connectivity index (χ0v) is 24.0. The van der Waals surface area contributed by atoms with Crippen LogP contribution in [0.25, 0.3) is 0 Å². The molecule has 4 atom stereocenters. The minimum Gasteiger partial charge on any atom is -0.391 e. The molecule has 0 spiro atoms. The van der Waals surface area contributed by atoms with Crippen LogP contribution in [0.5, 0.6) is 0 Å². The van der Waals surface area contributed by atoms with E-state index in [2.05, 4.69) is 16.0 Å². The van der Waals surface area contributed by atoms with Crippen molar-refractivity contribution in [3.05, 3.63) is 66.2 Å². The minimum atomic E-state index is -3.52. The van der Waals surface area contributed by atoms with Gasteiger partial charge in [0.2, 0.25) is 19.2 Å². The predicted octanol–water partition coefficient (Wildman–Crippen LogP) is 4.18. The maximum Gasteiger partial charge on any atom is 0.243 e. The summed E-state index contributed by atoms with van der Waals surface area (Å²) < 4.78 is 12.8. The van der Waals surface area contributed by atoms with E-state index in [0.717, 1.165) is 36.9 Å². The van der Waals surface area contributed by atoms with Crippen molar-refractivity contribution in [3.63, 3.8) is 0 Å². The van der Waals surface area contributed by atoms with Gasteiger partial charge in [-0.25, -0.2) is 0 Å². The summed E-state index contributed by atoms with van der Waals surface area (Å²) in [7, 11) is -3.52. The molecule has 0 radical (unpaired) electrons. The first-order valence-corrected chi connectivity index (χ1v) is 16.1. The van der Waals surface area contributed by atoms with Crippen molar-refractivity contribution in [1.29, 1.82) is 0 Å². The molecule has 0 aromatic heterocycles. The van der Waals surface area contributed by atoms with Crippen LogP contribution in [0, 0.1) is 11.8 Å². The van der Waals surface area contributed by atoms with Crippen LogP contribution in [0.15, 0.2) is 60.7 Å². The molecule has 2 aromatic rings. The van der Waals surface area contributed by atoms with Gasteiger partial charge >= 0.3 is 0 Å². The van der Waals surface area contributed by atoms with E-state index in [1.807, 2.05) is 74.5 Å². The summed E-state index contributed by atoms with van der Waals surface area (Å²) in [5, 5.41) is 19.3. The summed E-state index contributed by atoms with van der Waals surface area (Å²) in [5.41, 5.74) is 1.68. The maximum atomic E-state index is 13.3. The fraction of sp³-hybridized carbons (Fsp3) is 0.533. The molecule has 1 fully saturated rings. The summed E-state index contributed by atoms with van der Waals surface area (Å²) in [6.45, 7) is 3.71. The number of benzene rings is 2. The van der Waals surface area contributed by atoms with Crippen molar-refractivity contribution in [2.45, 2.75) is 70.6 Å². The molecular weight excluding hydrogens is 513 g/mol. The van der Waals surface area contributed by atoms with Crippen LogP contribution < -0.4 is 16.0 Å². The Hall–Kier alpha value is -2.67. The van der Waals surface area contributed by atoms with Gasteiger partial charge in [-0.3, -0.25) is 14.2 Å². The molecule has 0 bridgehead atoms. The van der Waals surface area contributed by atoms with E-state index in [0.29, 0.717) is 0 Å². The molecule has 2 amide bonds. The largest absolute Gasteiger partial charge is 0.391 e. The highest BCUT2D eigenvalue weighted by Gasteiger charge is 2.30. The maximum absolute atomic E-state index is 13.3. The van der Waals surface area contributed by atoms with Gasteiger partial charge in [-0.2, -0.15) is 0 Å². The van der Waals surface area contributed by atoms with Crippen molar-refractivity contribution in [1.82, 2.24) is 10.6 Å². The van der Waals surface area contributed by atoms with E-state index in [1.54, 1.807) is 0 Å². The van der Waals surface area contributed by atoms with Crippen LogP contribution in [0.3, 0.4) is 0 Å². The van der Waals surface area contributed by atoms with Crippen molar-refractivity contribution in [2.75, 3.05) is 24.2 Å². The van der Waals surface area contributed by atoms with Crippen LogP contribution in [-0.4, -0.2) is 58.9 Å². The number of hydrogen-bond donors (Lipinski definition) is 5. The van der Waals surface area contributed by atoms with Gasteiger partial charge in [0.25, 0.3) is 0 Å². The van der Waals surface area contributed by atoms with Gasteiger partial charge < -0.3 is 26.0 Å². The fourth-order valence-corrected chi connectivity index (χ4v) is 7.26. The van der Waals surface area contributed by atoms with Crippen molar-refractivity contribution < 1.29 is 24.2 Å². The molecule has 2 aromatic carbocycles. The molecule has 1 aliphatic rings. The first kappa shape index (κ1) is 30.9. The van der Waals surface area contributed by atoms with E-state index < -0.39 is 31.5 Å². The Morgan fingerprint density at radius 2 is 1.56 bits per heavy atom. The SMILES string of the molecule is CC(C)[C@H](Nc1ccccc1)C(=O)N[C@@H](Cc1ccccc1)C(=O)NC[C@@H](O)CP(=O)(O)CC1CCCCC1. The van der Waals surface area contributed by atoms with Gasteiger partial charge in [0.05, 0.1) is 12.3 Å². The topological polar surface area (TPSA) is 128 Å². The lowest BCUT2D eigenvalue weighted by atomic mass is 9.91. The molecule has 0 heterocycles. The number of amides is 2. The normalized spacial score (nSPS) is 18.0. The first-order chi connectivity index (χ1) is 18.6. The molecule has 3 rings (SSSR count). The van der Waals surface area contributed by atoms with Gasteiger partial charge in [-0.1, -0.05) is 81.6 Å². The second-order valence-corrected chi connectivity index (χ2v) is 13.5. The van der Waals surface area contributed by atoms with E-state index in [4.69, 9.17) is 0 Å². The number of aliphatic hydroxyl groups is 1. The lowest BCUT2D eigenvalue weighted by Crippen LogP contribution is -2.54. The van der Waals surface area contributed by atoms with E-state index in [-0.39, 0.29) is 43.0 Å². The number of rotatable bonds is 14. The third-order valence-corrected chi connectivity index (χ3v) is 9.32. The third kappa shape index (κ3) is 10.8. The molecule has 0 saturated heterocycles. The molecule has 9 heteroatoms. The standard InChI is InChI=1S/C30H44N3O5P/c1-22(2)28(32-25-16-10-5-11-17-25)30(36)33-27(18-23-12-6-3-7-13-23)29(35)31-19-26(34)21-39(37,38)20-24-14-8-4-9-15-24/h3,5-7,10-13,16-17,22,24,26-28,32,34H,4,8-9,14-15,18-21H2,1-2H3,(H,31,35)(H,33,36)(H,37,38)/t26-,27+,28+/m1/s1. The number of hydrogen-bond acceptors (Lipinski definition) is 5. The smallest absolute Gasteiger partial charge is 0.243 e. The minimum absolute atomic E-state index is 0.0460. The molecule has 1 saturated carbocycles. The molecule has 8 nitrogen and oxygen atoms in total. The molecule has 1 unspecified atom stereocenters. The number of anilines is 1. The Bertz CT molecular complexity index is 1080.